The molecule has 0 bridgehead atoms. The van der Waals surface area contributed by atoms with Gasteiger partial charge in [0, 0.05) is 17.2 Å². The predicted molar refractivity (Wildman–Crippen MR) is 144 cm³/mol. The van der Waals surface area contributed by atoms with Crippen LogP contribution >= 0.6 is 23.5 Å². The van der Waals surface area contributed by atoms with E-state index in [1.807, 2.05) is 25.3 Å². The van der Waals surface area contributed by atoms with Crippen molar-refractivity contribution in [2.24, 2.45) is 0 Å². The molecule has 0 aliphatic rings. The lowest BCUT2D eigenvalue weighted by atomic mass is 10.2. The first-order valence-electron chi connectivity index (χ1n) is 11.1. The van der Waals surface area contributed by atoms with Crippen LogP contribution in [-0.4, -0.2) is 39.4 Å². The van der Waals surface area contributed by atoms with Gasteiger partial charge in [-0.3, -0.25) is 9.10 Å². The van der Waals surface area contributed by atoms with Crippen molar-refractivity contribution in [2.45, 2.75) is 28.9 Å². The van der Waals surface area contributed by atoms with Crippen LogP contribution in [0.3, 0.4) is 0 Å². The zero-order valence-corrected chi connectivity index (χ0v) is 22.2. The summed E-state index contributed by atoms with van der Waals surface area (Å²) in [6.45, 7) is 2.06. The third-order valence-corrected chi connectivity index (χ3v) is 8.87. The van der Waals surface area contributed by atoms with Crippen molar-refractivity contribution >= 4 is 45.1 Å². The molecule has 9 heteroatoms. The lowest BCUT2D eigenvalue weighted by Crippen LogP contribution is -2.41. The highest BCUT2D eigenvalue weighted by atomic mass is 32.2. The van der Waals surface area contributed by atoms with Gasteiger partial charge in [-0.25, -0.2) is 12.8 Å². The fourth-order valence-electron chi connectivity index (χ4n) is 3.26. The topological polar surface area (TPSA) is 66.5 Å². The minimum absolute atomic E-state index is 0.140. The number of anilines is 1. The molecule has 0 unspecified atom stereocenters. The van der Waals surface area contributed by atoms with Crippen molar-refractivity contribution in [3.63, 3.8) is 0 Å². The number of nitrogens with one attached hydrogen (secondary N) is 1. The first-order chi connectivity index (χ1) is 16.8. The van der Waals surface area contributed by atoms with Crippen molar-refractivity contribution in [1.29, 1.82) is 0 Å². The van der Waals surface area contributed by atoms with Gasteiger partial charge in [-0.15, -0.1) is 11.8 Å². The number of thioether (sulfide) groups is 2. The Hall–Kier alpha value is -2.49. The highest BCUT2D eigenvalue weighted by molar-refractivity contribution is 7.98. The molecule has 0 saturated heterocycles. The number of carbonyl (C=O) groups excluding carboxylic acids is 1. The van der Waals surface area contributed by atoms with Crippen LogP contribution in [0.15, 0.2) is 82.6 Å². The summed E-state index contributed by atoms with van der Waals surface area (Å²) < 4.78 is 41.0. The Morgan fingerprint density at radius 1 is 0.971 bits per heavy atom. The summed E-state index contributed by atoms with van der Waals surface area (Å²) in [6, 6.07) is 20.1. The fourth-order valence-corrected chi connectivity index (χ4v) is 6.01. The van der Waals surface area contributed by atoms with E-state index in [0.29, 0.717) is 12.2 Å². The van der Waals surface area contributed by atoms with Gasteiger partial charge in [-0.1, -0.05) is 29.8 Å². The van der Waals surface area contributed by atoms with Crippen LogP contribution in [0.4, 0.5) is 10.1 Å². The molecule has 1 N–H and O–H groups in total. The Kier molecular flexibility index (Phi) is 10.1. The summed E-state index contributed by atoms with van der Waals surface area (Å²) in [7, 11) is -3.93. The number of rotatable bonds is 12. The Morgan fingerprint density at radius 3 is 2.26 bits per heavy atom. The minimum atomic E-state index is -3.93. The number of sulfonamides is 1. The predicted octanol–water partition coefficient (Wildman–Crippen LogP) is 5.49. The van der Waals surface area contributed by atoms with E-state index in [1.54, 1.807) is 60.3 Å². The van der Waals surface area contributed by atoms with E-state index in [-0.39, 0.29) is 23.2 Å². The second-order valence-electron chi connectivity index (χ2n) is 7.91. The summed E-state index contributed by atoms with van der Waals surface area (Å²) in [4.78, 5) is 13.8. The average molecular weight is 533 g/mol. The lowest BCUT2D eigenvalue weighted by Gasteiger charge is -2.24. The van der Waals surface area contributed by atoms with E-state index in [0.717, 1.165) is 38.3 Å². The second-order valence-corrected chi connectivity index (χ2v) is 11.8. The van der Waals surface area contributed by atoms with Crippen LogP contribution in [0.5, 0.6) is 0 Å². The number of carbonyl (C=O) groups is 1. The summed E-state index contributed by atoms with van der Waals surface area (Å²) in [5, 5.41) is 2.83. The maximum atomic E-state index is 13.4. The Labute approximate surface area is 215 Å². The zero-order valence-electron chi connectivity index (χ0n) is 19.7. The number of aryl methyl sites for hydroxylation is 1. The Balaban J connectivity index is 1.59. The number of amides is 1. The Bertz CT molecular complexity index is 1200. The maximum absolute atomic E-state index is 13.4. The number of benzene rings is 3. The van der Waals surface area contributed by atoms with Gasteiger partial charge < -0.3 is 5.32 Å². The molecular formula is C26H29FN2O3S3. The van der Waals surface area contributed by atoms with Crippen molar-refractivity contribution in [3.8, 4) is 0 Å². The molecule has 0 fully saturated rings. The van der Waals surface area contributed by atoms with Crippen LogP contribution in [0.2, 0.25) is 0 Å². The van der Waals surface area contributed by atoms with E-state index in [4.69, 9.17) is 0 Å². The highest BCUT2D eigenvalue weighted by Gasteiger charge is 2.27. The van der Waals surface area contributed by atoms with Crippen LogP contribution in [0.25, 0.3) is 0 Å². The van der Waals surface area contributed by atoms with Gasteiger partial charge in [0.25, 0.3) is 10.0 Å². The summed E-state index contributed by atoms with van der Waals surface area (Å²) in [5.41, 5.74) is 2.48. The van der Waals surface area contributed by atoms with E-state index >= 15 is 0 Å². The lowest BCUT2D eigenvalue weighted by molar-refractivity contribution is -0.119. The third kappa shape index (κ3) is 8.02. The van der Waals surface area contributed by atoms with E-state index in [9.17, 15) is 17.6 Å². The molecule has 1 amide bonds. The van der Waals surface area contributed by atoms with Crippen LogP contribution in [-0.2, 0) is 20.6 Å². The molecule has 0 heterocycles. The molecule has 0 atom stereocenters. The quantitative estimate of drug-likeness (QED) is 0.247. The van der Waals surface area contributed by atoms with Gasteiger partial charge in [0.05, 0.1) is 10.6 Å². The van der Waals surface area contributed by atoms with Crippen molar-refractivity contribution < 1.29 is 17.6 Å². The smallest absolute Gasteiger partial charge is 0.264 e. The van der Waals surface area contributed by atoms with Crippen LogP contribution in [0.1, 0.15) is 17.5 Å². The monoisotopic (exact) mass is 532 g/mol. The zero-order chi connectivity index (χ0) is 25.3. The molecular weight excluding hydrogens is 503 g/mol. The van der Waals surface area contributed by atoms with E-state index in [1.165, 1.54) is 23.9 Å². The molecule has 0 aliphatic carbocycles. The van der Waals surface area contributed by atoms with Crippen molar-refractivity contribution in [3.05, 3.63) is 89.7 Å². The van der Waals surface area contributed by atoms with Crippen LogP contribution < -0.4 is 9.62 Å². The third-order valence-electron chi connectivity index (χ3n) is 5.23. The number of halogens is 1. The number of hydrogen-bond donors (Lipinski definition) is 1. The fraction of sp³-hybridized carbons (Fsp3) is 0.269. The normalized spacial score (nSPS) is 11.3. The molecule has 5 nitrogen and oxygen atoms in total. The maximum Gasteiger partial charge on any atom is 0.264 e. The molecule has 0 saturated carbocycles. The SMILES string of the molecule is CSc1ccc(S(=O)(=O)N(CC(=O)NCCCSCc2ccc(F)cc2)c2ccc(C)cc2)cc1. The number of hydrogen-bond acceptors (Lipinski definition) is 5. The first-order valence-corrected chi connectivity index (χ1v) is 14.9. The summed E-state index contributed by atoms with van der Waals surface area (Å²) >= 11 is 3.23. The van der Waals surface area contributed by atoms with Crippen molar-refractivity contribution in [2.75, 3.05) is 29.4 Å². The van der Waals surface area contributed by atoms with Gasteiger partial charge in [-0.05, 0) is 79.4 Å². The second kappa shape index (κ2) is 13.0. The van der Waals surface area contributed by atoms with Gasteiger partial charge in [-0.2, -0.15) is 11.8 Å². The molecule has 0 aromatic heterocycles. The van der Waals surface area contributed by atoms with E-state index < -0.39 is 10.0 Å². The molecule has 3 rings (SSSR count). The summed E-state index contributed by atoms with van der Waals surface area (Å²) in [5.74, 6) is 0.973. The van der Waals surface area contributed by atoms with Gasteiger partial charge in [0.2, 0.25) is 5.91 Å². The molecule has 3 aromatic carbocycles. The first kappa shape index (κ1) is 27.1. The van der Waals surface area contributed by atoms with Crippen LogP contribution in [0, 0.1) is 12.7 Å². The highest BCUT2D eigenvalue weighted by Crippen LogP contribution is 2.25. The minimum Gasteiger partial charge on any atom is -0.354 e. The van der Waals surface area contributed by atoms with Gasteiger partial charge >= 0.3 is 0 Å². The molecule has 0 spiro atoms. The Morgan fingerprint density at radius 2 is 1.63 bits per heavy atom. The molecule has 0 aliphatic heterocycles. The average Bonchev–Trinajstić information content (AvgIpc) is 2.86. The molecule has 35 heavy (non-hydrogen) atoms. The molecule has 0 radical (unpaired) electrons. The molecule has 3 aromatic rings. The van der Waals surface area contributed by atoms with Gasteiger partial charge in [0.15, 0.2) is 0 Å². The summed E-state index contributed by atoms with van der Waals surface area (Å²) in [6.07, 6.45) is 2.67. The van der Waals surface area contributed by atoms with E-state index in [2.05, 4.69) is 5.32 Å². The number of nitrogens with zero attached hydrogens (tertiary/aromatic N) is 1. The van der Waals surface area contributed by atoms with Gasteiger partial charge in [0.1, 0.15) is 12.4 Å². The molecule has 186 valence electrons. The standard InChI is InChI=1S/C26H29FN2O3S3/c1-20-4-10-23(11-5-20)29(35(31,32)25-14-12-24(33-2)13-15-25)18-26(30)28-16-3-17-34-19-21-6-8-22(27)9-7-21/h4-15H,3,16-19H2,1-2H3,(H,28,30). The largest absolute Gasteiger partial charge is 0.354 e. The van der Waals surface area contributed by atoms with Crippen molar-refractivity contribution in [1.82, 2.24) is 5.32 Å².